The van der Waals surface area contributed by atoms with E-state index in [9.17, 15) is 4.39 Å². The lowest BCUT2D eigenvalue weighted by Gasteiger charge is -2.19. The molecule has 0 aliphatic carbocycles. The molecule has 3 rings (SSSR count). The van der Waals surface area contributed by atoms with Crippen LogP contribution in [0.3, 0.4) is 0 Å². The van der Waals surface area contributed by atoms with Crippen molar-refractivity contribution in [2.45, 2.75) is 19.8 Å². The molecule has 0 spiro atoms. The van der Waals surface area contributed by atoms with Crippen LogP contribution in [0.5, 0.6) is 5.75 Å². The number of methoxy groups -OCH3 is 1. The maximum atomic E-state index is 13.2. The van der Waals surface area contributed by atoms with Crippen LogP contribution in [0, 0.1) is 5.82 Å². The van der Waals surface area contributed by atoms with Gasteiger partial charge in [-0.3, -0.25) is 0 Å². The Morgan fingerprint density at radius 2 is 1.79 bits per heavy atom. The highest BCUT2D eigenvalue weighted by atomic mass is 19.1. The van der Waals surface area contributed by atoms with Gasteiger partial charge in [0, 0.05) is 30.9 Å². The minimum Gasteiger partial charge on any atom is -0.494 e. The van der Waals surface area contributed by atoms with Crippen molar-refractivity contribution in [2.24, 2.45) is 0 Å². The zero-order valence-electron chi connectivity index (χ0n) is 16.7. The van der Waals surface area contributed by atoms with Crippen molar-refractivity contribution in [1.29, 1.82) is 0 Å². The van der Waals surface area contributed by atoms with Gasteiger partial charge < -0.3 is 18.9 Å². The summed E-state index contributed by atoms with van der Waals surface area (Å²) < 4.78 is 26.3. The maximum absolute atomic E-state index is 13.2. The van der Waals surface area contributed by atoms with Gasteiger partial charge in [-0.25, -0.2) is 4.39 Å². The molecule has 0 fully saturated rings. The van der Waals surface area contributed by atoms with Crippen LogP contribution >= 0.6 is 0 Å². The molecule has 2 aromatic carbocycles. The fraction of sp³-hybridized carbons (Fsp3) is 0.391. The van der Waals surface area contributed by atoms with Gasteiger partial charge in [0.2, 0.25) is 0 Å². The Labute approximate surface area is 166 Å². The Morgan fingerprint density at radius 3 is 2.54 bits per heavy atom. The molecule has 28 heavy (non-hydrogen) atoms. The third kappa shape index (κ3) is 5.33. The summed E-state index contributed by atoms with van der Waals surface area (Å²) in [5.74, 6) is 0.660. The first kappa shape index (κ1) is 20.4. The molecule has 1 aromatic heterocycles. The quantitative estimate of drug-likeness (QED) is 0.440. The van der Waals surface area contributed by atoms with Crippen LogP contribution in [0.1, 0.15) is 19.8 Å². The molecule has 0 amide bonds. The molecule has 0 radical (unpaired) electrons. The van der Waals surface area contributed by atoms with E-state index in [2.05, 4.69) is 34.6 Å². The zero-order chi connectivity index (χ0) is 19.8. The third-order valence-corrected chi connectivity index (χ3v) is 4.96. The number of benzene rings is 2. The topological polar surface area (TPSA) is 26.6 Å². The molecule has 150 valence electrons. The van der Waals surface area contributed by atoms with Crippen LogP contribution in [0.25, 0.3) is 16.6 Å². The van der Waals surface area contributed by atoms with E-state index in [1.807, 2.05) is 12.3 Å². The van der Waals surface area contributed by atoms with Crippen LogP contribution < -0.4 is 4.74 Å². The predicted octanol–water partition coefficient (Wildman–Crippen LogP) is 4.90. The second kappa shape index (κ2) is 10.2. The number of likely N-dealkylation sites (N-methyl/N-ethyl adjacent to an activating group) is 1. The normalized spacial score (nSPS) is 11.4. The standard InChI is InChI=1S/C23H29FN2O2/c1-3-25(15-17-27-2)13-4-5-16-28-22-10-11-23-19(18-22)12-14-26(23)21-8-6-20(24)7-9-21/h6-12,14,18H,3-5,13,15-17H2,1-2H3. The van der Waals surface area contributed by atoms with Crippen LogP contribution in [-0.2, 0) is 4.74 Å². The Morgan fingerprint density at radius 1 is 0.964 bits per heavy atom. The van der Waals surface area contributed by atoms with Gasteiger partial charge in [-0.15, -0.1) is 0 Å². The van der Waals surface area contributed by atoms with E-state index in [1.54, 1.807) is 19.2 Å². The van der Waals surface area contributed by atoms with Gasteiger partial charge in [0.05, 0.1) is 18.7 Å². The van der Waals surface area contributed by atoms with E-state index < -0.39 is 0 Å². The summed E-state index contributed by atoms with van der Waals surface area (Å²) in [5.41, 5.74) is 2.02. The second-order valence-electron chi connectivity index (χ2n) is 6.87. The Hall–Kier alpha value is -2.37. The van der Waals surface area contributed by atoms with E-state index in [0.29, 0.717) is 6.61 Å². The number of nitrogens with zero attached hydrogens (tertiary/aromatic N) is 2. The largest absolute Gasteiger partial charge is 0.494 e. The summed E-state index contributed by atoms with van der Waals surface area (Å²) in [7, 11) is 1.74. The molecule has 1 heterocycles. The van der Waals surface area contributed by atoms with Gasteiger partial charge in [0.15, 0.2) is 0 Å². The van der Waals surface area contributed by atoms with Gasteiger partial charge in [0.25, 0.3) is 0 Å². The molecule has 0 saturated heterocycles. The lowest BCUT2D eigenvalue weighted by Crippen LogP contribution is -2.28. The number of fused-ring (bicyclic) bond motifs is 1. The number of hydrogen-bond donors (Lipinski definition) is 0. The first-order valence-electron chi connectivity index (χ1n) is 9.92. The molecule has 0 saturated carbocycles. The molecule has 0 atom stereocenters. The summed E-state index contributed by atoms with van der Waals surface area (Å²) in [6, 6.07) is 14.7. The molecule has 4 nitrogen and oxygen atoms in total. The molecule has 3 aromatic rings. The van der Waals surface area contributed by atoms with Gasteiger partial charge in [0.1, 0.15) is 11.6 Å². The van der Waals surface area contributed by atoms with E-state index in [1.165, 1.54) is 12.1 Å². The highest BCUT2D eigenvalue weighted by molar-refractivity contribution is 5.83. The predicted molar refractivity (Wildman–Crippen MR) is 112 cm³/mol. The summed E-state index contributed by atoms with van der Waals surface area (Å²) in [6.07, 6.45) is 4.14. The average molecular weight is 384 g/mol. The smallest absolute Gasteiger partial charge is 0.123 e. The highest BCUT2D eigenvalue weighted by Gasteiger charge is 2.06. The molecular formula is C23H29FN2O2. The van der Waals surface area contributed by atoms with Gasteiger partial charge in [-0.05, 0) is 74.5 Å². The van der Waals surface area contributed by atoms with Crippen molar-refractivity contribution in [2.75, 3.05) is 40.0 Å². The number of rotatable bonds is 11. The summed E-state index contributed by atoms with van der Waals surface area (Å²) in [5, 5.41) is 1.11. The molecule has 0 bridgehead atoms. The third-order valence-electron chi connectivity index (χ3n) is 4.96. The monoisotopic (exact) mass is 384 g/mol. The zero-order valence-corrected chi connectivity index (χ0v) is 16.7. The molecule has 0 aliphatic heterocycles. The van der Waals surface area contributed by atoms with Gasteiger partial charge >= 0.3 is 0 Å². The molecule has 0 N–H and O–H groups in total. The Bertz CT molecular complexity index is 861. The van der Waals surface area contributed by atoms with Crippen LogP contribution in [0.15, 0.2) is 54.7 Å². The van der Waals surface area contributed by atoms with Crippen LogP contribution in [0.2, 0.25) is 0 Å². The minimum absolute atomic E-state index is 0.225. The van der Waals surface area contributed by atoms with Gasteiger partial charge in [-0.2, -0.15) is 0 Å². The summed E-state index contributed by atoms with van der Waals surface area (Å²) in [6.45, 7) is 6.78. The second-order valence-corrected chi connectivity index (χ2v) is 6.87. The molecule has 0 unspecified atom stereocenters. The Kier molecular flexibility index (Phi) is 7.46. The number of aromatic nitrogens is 1. The molecule has 5 heteroatoms. The number of halogens is 1. The lowest BCUT2D eigenvalue weighted by atomic mass is 10.2. The summed E-state index contributed by atoms with van der Waals surface area (Å²) >= 11 is 0. The molecular weight excluding hydrogens is 355 g/mol. The minimum atomic E-state index is -0.225. The first-order chi connectivity index (χ1) is 13.7. The van der Waals surface area contributed by atoms with Crippen molar-refractivity contribution >= 4 is 10.9 Å². The van der Waals surface area contributed by atoms with Crippen molar-refractivity contribution in [1.82, 2.24) is 9.47 Å². The average Bonchev–Trinajstić information content (AvgIpc) is 3.14. The van der Waals surface area contributed by atoms with E-state index in [-0.39, 0.29) is 5.82 Å². The fourth-order valence-electron chi connectivity index (χ4n) is 3.31. The highest BCUT2D eigenvalue weighted by Crippen LogP contribution is 2.25. The van der Waals surface area contributed by atoms with E-state index in [0.717, 1.165) is 61.4 Å². The van der Waals surface area contributed by atoms with Crippen molar-refractivity contribution in [3.05, 3.63) is 60.5 Å². The van der Waals surface area contributed by atoms with Crippen molar-refractivity contribution in [3.63, 3.8) is 0 Å². The fourth-order valence-corrected chi connectivity index (χ4v) is 3.31. The number of ether oxygens (including phenoxy) is 2. The van der Waals surface area contributed by atoms with Crippen LogP contribution in [-0.4, -0.2) is 49.4 Å². The number of unbranched alkanes of at least 4 members (excludes halogenated alkanes) is 1. The Balaban J connectivity index is 1.52. The first-order valence-corrected chi connectivity index (χ1v) is 9.92. The van der Waals surface area contributed by atoms with Crippen LogP contribution in [0.4, 0.5) is 4.39 Å². The van der Waals surface area contributed by atoms with Crippen molar-refractivity contribution < 1.29 is 13.9 Å². The number of hydrogen-bond acceptors (Lipinski definition) is 3. The maximum Gasteiger partial charge on any atom is 0.123 e. The van der Waals surface area contributed by atoms with E-state index >= 15 is 0 Å². The summed E-state index contributed by atoms with van der Waals surface area (Å²) in [4.78, 5) is 2.40. The van der Waals surface area contributed by atoms with Gasteiger partial charge in [-0.1, -0.05) is 6.92 Å². The lowest BCUT2D eigenvalue weighted by molar-refractivity contribution is 0.148. The van der Waals surface area contributed by atoms with E-state index in [4.69, 9.17) is 9.47 Å². The SMILES string of the molecule is CCN(CCCCOc1ccc2c(ccn2-c2ccc(F)cc2)c1)CCOC. The van der Waals surface area contributed by atoms with Crippen molar-refractivity contribution in [3.8, 4) is 11.4 Å². The molecule has 0 aliphatic rings.